The summed E-state index contributed by atoms with van der Waals surface area (Å²) < 4.78 is 6.02. The van der Waals surface area contributed by atoms with Gasteiger partial charge >= 0.3 is 0 Å². The number of aromatic hydroxyl groups is 1. The van der Waals surface area contributed by atoms with Crippen LogP contribution in [0.1, 0.15) is 11.1 Å². The number of hydrogen-bond acceptors (Lipinski definition) is 4. The molecule has 0 radical (unpaired) electrons. The number of phenolic OH excluding ortho intramolecular Hbond substituents is 1. The van der Waals surface area contributed by atoms with Crippen LogP contribution in [0.25, 0.3) is 0 Å². The molecule has 0 heterocycles. The van der Waals surface area contributed by atoms with Crippen molar-refractivity contribution in [3.63, 3.8) is 0 Å². The van der Waals surface area contributed by atoms with Gasteiger partial charge in [0.1, 0.15) is 11.5 Å². The lowest BCUT2D eigenvalue weighted by Gasteiger charge is -2.03. The first-order valence-corrected chi connectivity index (χ1v) is 7.31. The molecule has 1 amide bonds. The van der Waals surface area contributed by atoms with Gasteiger partial charge in [0.05, 0.1) is 19.7 Å². The third-order valence-corrected chi connectivity index (χ3v) is 3.43. The zero-order chi connectivity index (χ0) is 15.9. The molecule has 0 saturated carbocycles. The number of hydrogen-bond donors (Lipinski definition) is 2. The van der Waals surface area contributed by atoms with Gasteiger partial charge in [-0.15, -0.1) is 0 Å². The number of carbonyl (C=O) groups excluding carboxylic acids is 1. The topological polar surface area (TPSA) is 70.9 Å². The van der Waals surface area contributed by atoms with Crippen molar-refractivity contribution in [2.24, 2.45) is 5.10 Å². The van der Waals surface area contributed by atoms with Crippen LogP contribution in [0.15, 0.2) is 52.0 Å². The fourth-order valence-corrected chi connectivity index (χ4v) is 2.03. The molecule has 5 nitrogen and oxygen atoms in total. The summed E-state index contributed by atoms with van der Waals surface area (Å²) in [5.41, 5.74) is 3.78. The lowest BCUT2D eigenvalue weighted by atomic mass is 10.1. The molecule has 0 aromatic heterocycles. The van der Waals surface area contributed by atoms with Gasteiger partial charge in [0.25, 0.3) is 0 Å². The third-order valence-electron chi connectivity index (χ3n) is 2.91. The Morgan fingerprint density at radius 1 is 1.32 bits per heavy atom. The molecule has 2 aromatic rings. The van der Waals surface area contributed by atoms with Crippen molar-refractivity contribution >= 4 is 28.1 Å². The van der Waals surface area contributed by atoms with Gasteiger partial charge in [-0.25, -0.2) is 5.43 Å². The van der Waals surface area contributed by atoms with E-state index in [-0.39, 0.29) is 18.1 Å². The molecule has 0 atom stereocenters. The fraction of sp³-hybridized carbons (Fsp3) is 0.125. The molecule has 0 unspecified atom stereocenters. The Kier molecular flexibility index (Phi) is 5.55. The number of nitrogens with zero attached hydrogens (tertiary/aromatic N) is 1. The molecule has 0 saturated heterocycles. The fourth-order valence-electron chi connectivity index (χ4n) is 1.76. The third kappa shape index (κ3) is 4.60. The maximum absolute atomic E-state index is 11.8. The van der Waals surface area contributed by atoms with Crippen molar-refractivity contribution < 1.29 is 14.6 Å². The maximum atomic E-state index is 11.8. The van der Waals surface area contributed by atoms with Crippen LogP contribution >= 0.6 is 15.9 Å². The predicted molar refractivity (Wildman–Crippen MR) is 88.2 cm³/mol. The molecule has 0 spiro atoms. The van der Waals surface area contributed by atoms with Crippen molar-refractivity contribution in [2.75, 3.05) is 7.11 Å². The Morgan fingerprint density at radius 3 is 2.73 bits per heavy atom. The first kappa shape index (κ1) is 16.0. The molecule has 114 valence electrons. The quantitative estimate of drug-likeness (QED) is 0.634. The second-order valence-corrected chi connectivity index (χ2v) is 5.44. The summed E-state index contributed by atoms with van der Waals surface area (Å²) in [7, 11) is 1.54. The zero-order valence-corrected chi connectivity index (χ0v) is 13.5. The minimum atomic E-state index is -0.235. The molecule has 0 fully saturated rings. The minimum Gasteiger partial charge on any atom is -0.507 e. The van der Waals surface area contributed by atoms with Gasteiger partial charge in [-0.3, -0.25) is 4.79 Å². The SMILES string of the molecule is COc1ccc(O)c(/C=N\NC(=O)Cc2ccc(Br)cc2)c1. The van der Waals surface area contributed by atoms with Crippen LogP contribution in [-0.4, -0.2) is 24.3 Å². The smallest absolute Gasteiger partial charge is 0.244 e. The number of amides is 1. The summed E-state index contributed by atoms with van der Waals surface area (Å²) in [4.78, 5) is 11.8. The molecule has 6 heteroatoms. The molecule has 0 aliphatic heterocycles. The summed E-state index contributed by atoms with van der Waals surface area (Å²) >= 11 is 3.34. The number of nitrogens with one attached hydrogen (secondary N) is 1. The van der Waals surface area contributed by atoms with Gasteiger partial charge < -0.3 is 9.84 Å². The molecule has 2 aromatic carbocycles. The number of phenols is 1. The number of rotatable bonds is 5. The summed E-state index contributed by atoms with van der Waals surface area (Å²) in [6.07, 6.45) is 1.60. The van der Waals surface area contributed by atoms with Crippen molar-refractivity contribution in [2.45, 2.75) is 6.42 Å². The summed E-state index contributed by atoms with van der Waals surface area (Å²) in [5.74, 6) is 0.424. The highest BCUT2D eigenvalue weighted by atomic mass is 79.9. The van der Waals surface area contributed by atoms with Gasteiger partial charge in [0, 0.05) is 10.0 Å². The summed E-state index contributed by atoms with van der Waals surface area (Å²) in [6, 6.07) is 12.2. The predicted octanol–water partition coefficient (Wildman–Crippen LogP) is 2.86. The summed E-state index contributed by atoms with van der Waals surface area (Å²) in [6.45, 7) is 0. The number of benzene rings is 2. The van der Waals surface area contributed by atoms with Crippen LogP contribution in [0.4, 0.5) is 0 Å². The molecule has 0 aliphatic rings. The molecule has 2 rings (SSSR count). The lowest BCUT2D eigenvalue weighted by Crippen LogP contribution is -2.19. The van der Waals surface area contributed by atoms with Crippen LogP contribution in [0.2, 0.25) is 0 Å². The van der Waals surface area contributed by atoms with E-state index in [1.165, 1.54) is 19.4 Å². The molecule has 2 N–H and O–H groups in total. The first-order valence-electron chi connectivity index (χ1n) is 6.52. The molecular formula is C16H15BrN2O3. The van der Waals surface area contributed by atoms with Gasteiger partial charge in [-0.05, 0) is 35.9 Å². The second-order valence-electron chi connectivity index (χ2n) is 4.52. The van der Waals surface area contributed by atoms with Crippen molar-refractivity contribution in [3.8, 4) is 11.5 Å². The second kappa shape index (κ2) is 7.61. The Balaban J connectivity index is 1.94. The van der Waals surface area contributed by atoms with Gasteiger partial charge in [0.15, 0.2) is 0 Å². The highest BCUT2D eigenvalue weighted by Crippen LogP contribution is 2.20. The van der Waals surface area contributed by atoms with Crippen LogP contribution in [0, 0.1) is 0 Å². The normalized spacial score (nSPS) is 10.6. The van der Waals surface area contributed by atoms with Crippen LogP contribution in [-0.2, 0) is 11.2 Å². The number of ether oxygens (including phenoxy) is 1. The van der Waals surface area contributed by atoms with E-state index in [4.69, 9.17) is 4.74 Å². The van der Waals surface area contributed by atoms with E-state index in [1.807, 2.05) is 24.3 Å². The van der Waals surface area contributed by atoms with Crippen molar-refractivity contribution in [3.05, 3.63) is 58.1 Å². The Labute approximate surface area is 136 Å². The van der Waals surface area contributed by atoms with Crippen molar-refractivity contribution in [1.82, 2.24) is 5.43 Å². The number of methoxy groups -OCH3 is 1. The van der Waals surface area contributed by atoms with Crippen LogP contribution in [0.5, 0.6) is 11.5 Å². The molecule has 0 aliphatic carbocycles. The van der Waals surface area contributed by atoms with Crippen molar-refractivity contribution in [1.29, 1.82) is 0 Å². The Hall–Kier alpha value is -2.34. The van der Waals surface area contributed by atoms with E-state index in [0.29, 0.717) is 11.3 Å². The van der Waals surface area contributed by atoms with E-state index in [9.17, 15) is 9.90 Å². The number of halogens is 1. The lowest BCUT2D eigenvalue weighted by molar-refractivity contribution is -0.120. The maximum Gasteiger partial charge on any atom is 0.244 e. The van der Waals surface area contributed by atoms with E-state index in [0.717, 1.165) is 10.0 Å². The Morgan fingerprint density at radius 2 is 2.05 bits per heavy atom. The van der Waals surface area contributed by atoms with Gasteiger partial charge in [-0.1, -0.05) is 28.1 Å². The largest absolute Gasteiger partial charge is 0.507 e. The summed E-state index contributed by atoms with van der Waals surface area (Å²) in [5, 5.41) is 13.5. The van der Waals surface area contributed by atoms with Gasteiger partial charge in [0.2, 0.25) is 5.91 Å². The Bertz CT molecular complexity index is 684. The average Bonchev–Trinajstić information content (AvgIpc) is 2.51. The molecular weight excluding hydrogens is 348 g/mol. The standard InChI is InChI=1S/C16H15BrN2O3/c1-22-14-6-7-15(20)12(9-14)10-18-19-16(21)8-11-2-4-13(17)5-3-11/h2-7,9-10,20H,8H2,1H3,(H,19,21)/b18-10-. The average molecular weight is 363 g/mol. The highest BCUT2D eigenvalue weighted by Gasteiger charge is 2.03. The van der Waals surface area contributed by atoms with Crippen LogP contribution < -0.4 is 10.2 Å². The van der Waals surface area contributed by atoms with E-state index in [1.54, 1.807) is 12.1 Å². The first-order chi connectivity index (χ1) is 10.6. The van der Waals surface area contributed by atoms with E-state index >= 15 is 0 Å². The van der Waals surface area contributed by atoms with Gasteiger partial charge in [-0.2, -0.15) is 5.10 Å². The number of hydrazone groups is 1. The minimum absolute atomic E-state index is 0.0618. The molecule has 22 heavy (non-hydrogen) atoms. The highest BCUT2D eigenvalue weighted by molar-refractivity contribution is 9.10. The molecule has 0 bridgehead atoms. The van der Waals surface area contributed by atoms with E-state index < -0.39 is 0 Å². The van der Waals surface area contributed by atoms with Crippen LogP contribution in [0.3, 0.4) is 0 Å². The zero-order valence-electron chi connectivity index (χ0n) is 11.9. The number of carbonyl (C=O) groups is 1. The van der Waals surface area contributed by atoms with E-state index in [2.05, 4.69) is 26.5 Å². The monoisotopic (exact) mass is 362 g/mol.